The van der Waals surface area contributed by atoms with Crippen LogP contribution in [0.5, 0.6) is 5.75 Å². The minimum atomic E-state index is -0.997. The average Bonchev–Trinajstić information content (AvgIpc) is 2.46. The summed E-state index contributed by atoms with van der Waals surface area (Å²) in [5.74, 6) is -0.0616. The van der Waals surface area contributed by atoms with Crippen molar-refractivity contribution in [3.05, 3.63) is 29.8 Å². The molecule has 0 aliphatic heterocycles. The maximum absolute atomic E-state index is 12.3. The van der Waals surface area contributed by atoms with Crippen LogP contribution in [-0.4, -0.2) is 42.8 Å². The Bertz CT molecular complexity index is 541. The van der Waals surface area contributed by atoms with Crippen molar-refractivity contribution in [3.8, 4) is 5.75 Å². The van der Waals surface area contributed by atoms with E-state index in [-0.39, 0.29) is 18.9 Å². The molecule has 0 heterocycles. The average molecular weight is 337 g/mol. The summed E-state index contributed by atoms with van der Waals surface area (Å²) < 4.78 is 10.6. The fourth-order valence-electron chi connectivity index (χ4n) is 2.24. The standard InChI is InChI=1S/C18H27NO5/c1-13(2)9-10-24-15-7-5-14(6-8-15)17(22)19-18(3,12-23-4)11-16(20)21/h5-8,13H,9-12H2,1-4H3,(H,19,22)(H,20,21). The van der Waals surface area contributed by atoms with Crippen molar-refractivity contribution in [1.82, 2.24) is 5.32 Å². The first kappa shape index (κ1) is 20.0. The monoisotopic (exact) mass is 337 g/mol. The van der Waals surface area contributed by atoms with E-state index in [1.165, 1.54) is 7.11 Å². The van der Waals surface area contributed by atoms with Gasteiger partial charge in [0.1, 0.15) is 5.75 Å². The van der Waals surface area contributed by atoms with Gasteiger partial charge in [-0.3, -0.25) is 9.59 Å². The van der Waals surface area contributed by atoms with Crippen molar-refractivity contribution in [2.75, 3.05) is 20.3 Å². The fourth-order valence-corrected chi connectivity index (χ4v) is 2.24. The molecule has 1 amide bonds. The predicted molar refractivity (Wildman–Crippen MR) is 91.4 cm³/mol. The van der Waals surface area contributed by atoms with E-state index < -0.39 is 11.5 Å². The van der Waals surface area contributed by atoms with Crippen molar-refractivity contribution in [1.29, 1.82) is 0 Å². The van der Waals surface area contributed by atoms with Crippen LogP contribution in [0.1, 0.15) is 44.0 Å². The number of ether oxygens (including phenoxy) is 2. The summed E-state index contributed by atoms with van der Waals surface area (Å²) in [7, 11) is 1.47. The zero-order valence-corrected chi connectivity index (χ0v) is 14.8. The number of benzene rings is 1. The molecule has 0 fully saturated rings. The highest BCUT2D eigenvalue weighted by molar-refractivity contribution is 5.95. The molecule has 0 bridgehead atoms. The maximum Gasteiger partial charge on any atom is 0.305 e. The highest BCUT2D eigenvalue weighted by Gasteiger charge is 2.29. The summed E-state index contributed by atoms with van der Waals surface area (Å²) in [5.41, 5.74) is -0.525. The number of nitrogens with one attached hydrogen (secondary N) is 1. The zero-order chi connectivity index (χ0) is 18.2. The molecular formula is C18H27NO5. The van der Waals surface area contributed by atoms with Crippen molar-refractivity contribution < 1.29 is 24.2 Å². The van der Waals surface area contributed by atoms with E-state index in [9.17, 15) is 9.59 Å². The zero-order valence-electron chi connectivity index (χ0n) is 14.8. The molecule has 1 unspecified atom stereocenters. The first-order valence-electron chi connectivity index (χ1n) is 8.02. The summed E-state index contributed by atoms with van der Waals surface area (Å²) in [6.07, 6.45) is 0.746. The number of carboxylic acid groups (broad SMARTS) is 1. The van der Waals surface area contributed by atoms with E-state index in [1.54, 1.807) is 31.2 Å². The van der Waals surface area contributed by atoms with E-state index >= 15 is 0 Å². The van der Waals surface area contributed by atoms with Crippen LogP contribution in [-0.2, 0) is 9.53 Å². The molecule has 1 atom stereocenters. The van der Waals surface area contributed by atoms with Gasteiger partial charge in [-0.25, -0.2) is 0 Å². The van der Waals surface area contributed by atoms with Crippen LogP contribution in [0.3, 0.4) is 0 Å². The third kappa shape index (κ3) is 7.00. The Morgan fingerprint density at radius 1 is 1.25 bits per heavy atom. The van der Waals surface area contributed by atoms with E-state index in [0.29, 0.717) is 23.8 Å². The van der Waals surface area contributed by atoms with Crippen LogP contribution in [0, 0.1) is 5.92 Å². The summed E-state index contributed by atoms with van der Waals surface area (Å²) in [6.45, 7) is 6.65. The Morgan fingerprint density at radius 3 is 2.38 bits per heavy atom. The number of rotatable bonds is 10. The molecule has 134 valence electrons. The smallest absolute Gasteiger partial charge is 0.305 e. The van der Waals surface area contributed by atoms with E-state index in [4.69, 9.17) is 14.6 Å². The van der Waals surface area contributed by atoms with Crippen LogP contribution in [0.2, 0.25) is 0 Å². The number of hydrogen-bond donors (Lipinski definition) is 2. The van der Waals surface area contributed by atoms with Gasteiger partial charge in [0, 0.05) is 12.7 Å². The van der Waals surface area contributed by atoms with Gasteiger partial charge in [0.15, 0.2) is 0 Å². The number of carbonyl (C=O) groups is 2. The van der Waals surface area contributed by atoms with E-state index in [0.717, 1.165) is 6.42 Å². The Kier molecular flexibility index (Phi) is 7.71. The summed E-state index contributed by atoms with van der Waals surface area (Å²) in [5, 5.41) is 11.7. The molecule has 1 rings (SSSR count). The molecule has 6 nitrogen and oxygen atoms in total. The molecular weight excluding hydrogens is 310 g/mol. The molecule has 0 saturated carbocycles. The quantitative estimate of drug-likeness (QED) is 0.686. The fraction of sp³-hybridized carbons (Fsp3) is 0.556. The maximum atomic E-state index is 12.3. The normalized spacial score (nSPS) is 13.4. The number of aliphatic carboxylic acids is 1. The molecule has 0 radical (unpaired) electrons. The minimum absolute atomic E-state index is 0.113. The van der Waals surface area contributed by atoms with Gasteiger partial charge >= 0.3 is 5.97 Å². The number of carboxylic acids is 1. The van der Waals surface area contributed by atoms with E-state index in [1.807, 2.05) is 0 Å². The molecule has 6 heteroatoms. The van der Waals surface area contributed by atoms with Gasteiger partial charge < -0.3 is 19.9 Å². The van der Waals surface area contributed by atoms with Crippen LogP contribution >= 0.6 is 0 Å². The topological polar surface area (TPSA) is 84.9 Å². The van der Waals surface area contributed by atoms with Gasteiger partial charge in [-0.05, 0) is 43.5 Å². The van der Waals surface area contributed by atoms with Crippen molar-refractivity contribution >= 4 is 11.9 Å². The van der Waals surface area contributed by atoms with Gasteiger partial charge in [-0.1, -0.05) is 13.8 Å². The van der Waals surface area contributed by atoms with E-state index in [2.05, 4.69) is 19.2 Å². The molecule has 0 saturated heterocycles. The largest absolute Gasteiger partial charge is 0.494 e. The third-order valence-corrected chi connectivity index (χ3v) is 3.50. The van der Waals surface area contributed by atoms with Crippen molar-refractivity contribution in [2.45, 2.75) is 39.2 Å². The minimum Gasteiger partial charge on any atom is -0.494 e. The Morgan fingerprint density at radius 2 is 1.88 bits per heavy atom. The first-order chi connectivity index (χ1) is 11.3. The molecule has 0 spiro atoms. The Balaban J connectivity index is 2.67. The number of methoxy groups -OCH3 is 1. The van der Waals surface area contributed by atoms with Crippen LogP contribution in [0.15, 0.2) is 24.3 Å². The lowest BCUT2D eigenvalue weighted by atomic mass is 9.98. The Hall–Kier alpha value is -2.08. The lowest BCUT2D eigenvalue weighted by molar-refractivity contribution is -0.139. The molecule has 2 N–H and O–H groups in total. The molecule has 0 aromatic heterocycles. The second-order valence-electron chi connectivity index (χ2n) is 6.57. The molecule has 1 aromatic rings. The van der Waals surface area contributed by atoms with Crippen molar-refractivity contribution in [2.24, 2.45) is 5.92 Å². The van der Waals surface area contributed by atoms with Crippen molar-refractivity contribution in [3.63, 3.8) is 0 Å². The highest BCUT2D eigenvalue weighted by atomic mass is 16.5. The van der Waals surface area contributed by atoms with Gasteiger partial charge in [-0.15, -0.1) is 0 Å². The first-order valence-corrected chi connectivity index (χ1v) is 8.02. The second-order valence-corrected chi connectivity index (χ2v) is 6.57. The van der Waals surface area contributed by atoms with Gasteiger partial charge in [-0.2, -0.15) is 0 Å². The molecule has 24 heavy (non-hydrogen) atoms. The van der Waals surface area contributed by atoms with Gasteiger partial charge in [0.05, 0.1) is 25.2 Å². The molecule has 0 aliphatic carbocycles. The van der Waals surface area contributed by atoms with Crippen LogP contribution < -0.4 is 10.1 Å². The Labute approximate surface area is 143 Å². The number of hydrogen-bond acceptors (Lipinski definition) is 4. The number of carbonyl (C=O) groups excluding carboxylic acids is 1. The summed E-state index contributed by atoms with van der Waals surface area (Å²) in [6, 6.07) is 6.79. The van der Waals surface area contributed by atoms with Gasteiger partial charge in [0.25, 0.3) is 5.91 Å². The third-order valence-electron chi connectivity index (χ3n) is 3.50. The van der Waals surface area contributed by atoms with Gasteiger partial charge in [0.2, 0.25) is 0 Å². The summed E-state index contributed by atoms with van der Waals surface area (Å²) in [4.78, 5) is 23.3. The summed E-state index contributed by atoms with van der Waals surface area (Å²) >= 11 is 0. The molecule has 0 aliphatic rings. The van der Waals surface area contributed by atoms with Crippen LogP contribution in [0.25, 0.3) is 0 Å². The predicted octanol–water partition coefficient (Wildman–Crippen LogP) is 2.72. The highest BCUT2D eigenvalue weighted by Crippen LogP contribution is 2.16. The van der Waals surface area contributed by atoms with Crippen LogP contribution in [0.4, 0.5) is 0 Å². The lowest BCUT2D eigenvalue weighted by Crippen LogP contribution is -2.50. The number of amides is 1. The SMILES string of the molecule is COCC(C)(CC(=O)O)NC(=O)c1ccc(OCCC(C)C)cc1. The second kappa shape index (κ2) is 9.27. The molecule has 1 aromatic carbocycles. The lowest BCUT2D eigenvalue weighted by Gasteiger charge is -2.28.